The van der Waals surface area contributed by atoms with E-state index in [1.807, 2.05) is 62.4 Å². The molecule has 0 heterocycles. The molecule has 174 valence electrons. The van der Waals surface area contributed by atoms with E-state index in [1.54, 1.807) is 11.8 Å². The molecule has 0 saturated heterocycles. The molecule has 0 saturated carbocycles. The number of hydrogen-bond donors (Lipinski definition) is 1. The molecule has 5 nitrogen and oxygen atoms in total. The van der Waals surface area contributed by atoms with Gasteiger partial charge in [-0.15, -0.1) is 0 Å². The average Bonchev–Trinajstić information content (AvgIpc) is 2.73. The van der Waals surface area contributed by atoms with Gasteiger partial charge in [0, 0.05) is 17.6 Å². The molecule has 0 radical (unpaired) electrons. The van der Waals surface area contributed by atoms with Crippen LogP contribution in [-0.4, -0.2) is 35.9 Å². The highest BCUT2D eigenvalue weighted by Gasteiger charge is 2.26. The van der Waals surface area contributed by atoms with Crippen LogP contribution in [0.3, 0.4) is 0 Å². The van der Waals surface area contributed by atoms with Gasteiger partial charge in [0.05, 0.1) is 0 Å². The third kappa shape index (κ3) is 7.97. The Labute approximate surface area is 200 Å². The van der Waals surface area contributed by atoms with Crippen LogP contribution in [0.2, 0.25) is 0 Å². The van der Waals surface area contributed by atoms with Crippen molar-refractivity contribution in [2.45, 2.75) is 59.5 Å². The van der Waals surface area contributed by atoms with Gasteiger partial charge in [0.2, 0.25) is 5.91 Å². The fraction of sp³-hybridized carbons (Fsp3) is 0.462. The van der Waals surface area contributed by atoms with Gasteiger partial charge < -0.3 is 15.0 Å². The highest BCUT2D eigenvalue weighted by Crippen LogP contribution is 2.24. The largest absolute Gasteiger partial charge is 0.484 e. The fourth-order valence-electron chi connectivity index (χ4n) is 3.15. The third-order valence-electron chi connectivity index (χ3n) is 5.18. The van der Waals surface area contributed by atoms with Crippen LogP contribution in [0.1, 0.15) is 52.7 Å². The maximum Gasteiger partial charge on any atom is 0.261 e. The standard InChI is InChI=1S/C26H35BrN2O3/c1-18(2)15-28-25(31)19(3)29(16-20-8-7-9-22(27)14-20)24(30)17-32-23-12-10-21(11-13-23)26(4,5)6/h7-14,18-19H,15-17H2,1-6H3,(H,28,31). The summed E-state index contributed by atoms with van der Waals surface area (Å²) in [6.45, 7) is 13.0. The van der Waals surface area contributed by atoms with Crippen molar-refractivity contribution >= 4 is 27.7 Å². The quantitative estimate of drug-likeness (QED) is 0.504. The molecule has 0 aromatic heterocycles. The zero-order valence-corrected chi connectivity index (χ0v) is 21.5. The summed E-state index contributed by atoms with van der Waals surface area (Å²) < 4.78 is 6.70. The Balaban J connectivity index is 2.12. The monoisotopic (exact) mass is 502 g/mol. The van der Waals surface area contributed by atoms with E-state index in [2.05, 4.69) is 42.0 Å². The minimum absolute atomic E-state index is 0.0495. The normalized spacial score (nSPS) is 12.4. The summed E-state index contributed by atoms with van der Waals surface area (Å²) in [6.07, 6.45) is 0. The molecule has 0 aliphatic rings. The SMILES string of the molecule is CC(C)CNC(=O)C(C)N(Cc1cccc(Br)c1)C(=O)COc1ccc(C(C)(C)C)cc1. The summed E-state index contributed by atoms with van der Waals surface area (Å²) in [4.78, 5) is 27.4. The maximum atomic E-state index is 13.1. The van der Waals surface area contributed by atoms with Gasteiger partial charge in [0.25, 0.3) is 5.91 Å². The predicted octanol–water partition coefficient (Wildman–Crippen LogP) is 5.31. The van der Waals surface area contributed by atoms with Crippen LogP contribution in [0.25, 0.3) is 0 Å². The summed E-state index contributed by atoms with van der Waals surface area (Å²) in [6, 6.07) is 14.9. The second-order valence-electron chi connectivity index (χ2n) is 9.53. The highest BCUT2D eigenvalue weighted by molar-refractivity contribution is 9.10. The number of nitrogens with zero attached hydrogens (tertiary/aromatic N) is 1. The number of hydrogen-bond acceptors (Lipinski definition) is 3. The molecule has 32 heavy (non-hydrogen) atoms. The summed E-state index contributed by atoms with van der Waals surface area (Å²) in [7, 11) is 0. The topological polar surface area (TPSA) is 58.6 Å². The van der Waals surface area contributed by atoms with Crippen molar-refractivity contribution in [3.63, 3.8) is 0 Å². The molecule has 1 unspecified atom stereocenters. The third-order valence-corrected chi connectivity index (χ3v) is 5.67. The molecule has 0 fully saturated rings. The van der Waals surface area contributed by atoms with Crippen LogP contribution in [0, 0.1) is 5.92 Å². The number of halogens is 1. The zero-order chi connectivity index (χ0) is 23.9. The van der Waals surface area contributed by atoms with Crippen LogP contribution in [0.5, 0.6) is 5.75 Å². The van der Waals surface area contributed by atoms with Gasteiger partial charge in [-0.3, -0.25) is 9.59 Å². The molecule has 0 spiro atoms. The van der Waals surface area contributed by atoms with E-state index in [9.17, 15) is 9.59 Å². The molecular weight excluding hydrogens is 468 g/mol. The Kier molecular flexibility index (Phi) is 9.32. The van der Waals surface area contributed by atoms with Gasteiger partial charge in [-0.25, -0.2) is 0 Å². The van der Waals surface area contributed by atoms with Crippen molar-refractivity contribution in [3.05, 3.63) is 64.1 Å². The Morgan fingerprint density at radius 3 is 2.28 bits per heavy atom. The molecule has 0 bridgehead atoms. The first-order valence-electron chi connectivity index (χ1n) is 11.0. The van der Waals surface area contributed by atoms with Crippen LogP contribution in [-0.2, 0) is 21.5 Å². The summed E-state index contributed by atoms with van der Waals surface area (Å²) in [5.74, 6) is 0.555. The molecule has 1 atom stereocenters. The lowest BCUT2D eigenvalue weighted by atomic mass is 9.87. The van der Waals surface area contributed by atoms with Crippen molar-refractivity contribution in [1.82, 2.24) is 10.2 Å². The van der Waals surface area contributed by atoms with Crippen LogP contribution >= 0.6 is 15.9 Å². The molecule has 2 amide bonds. The van der Waals surface area contributed by atoms with Gasteiger partial charge in [0.15, 0.2) is 6.61 Å². The van der Waals surface area contributed by atoms with Crippen LogP contribution in [0.15, 0.2) is 53.0 Å². The number of carbonyl (C=O) groups is 2. The van der Waals surface area contributed by atoms with E-state index in [0.29, 0.717) is 24.8 Å². The molecule has 6 heteroatoms. The summed E-state index contributed by atoms with van der Waals surface area (Å²) >= 11 is 3.47. The number of rotatable bonds is 9. The van der Waals surface area contributed by atoms with Crippen molar-refractivity contribution < 1.29 is 14.3 Å². The Morgan fingerprint density at radius 2 is 1.72 bits per heavy atom. The number of nitrogens with one attached hydrogen (secondary N) is 1. The van der Waals surface area contributed by atoms with E-state index in [0.717, 1.165) is 10.0 Å². The van der Waals surface area contributed by atoms with Gasteiger partial charge in [0.1, 0.15) is 11.8 Å². The van der Waals surface area contributed by atoms with Crippen molar-refractivity contribution in [2.24, 2.45) is 5.92 Å². The molecule has 1 N–H and O–H groups in total. The first-order chi connectivity index (χ1) is 15.0. The number of amides is 2. The Hall–Kier alpha value is -2.34. The number of carbonyl (C=O) groups excluding carboxylic acids is 2. The molecular formula is C26H35BrN2O3. The molecule has 2 aromatic rings. The molecule has 0 aliphatic carbocycles. The van der Waals surface area contributed by atoms with Gasteiger partial charge in [-0.2, -0.15) is 0 Å². The Morgan fingerprint density at radius 1 is 1.06 bits per heavy atom. The van der Waals surface area contributed by atoms with Gasteiger partial charge in [-0.1, -0.05) is 74.8 Å². The minimum Gasteiger partial charge on any atom is -0.484 e. The number of ether oxygens (including phenoxy) is 1. The van der Waals surface area contributed by atoms with E-state index >= 15 is 0 Å². The van der Waals surface area contributed by atoms with Crippen molar-refractivity contribution in [2.75, 3.05) is 13.2 Å². The lowest BCUT2D eigenvalue weighted by Crippen LogP contribution is -2.49. The maximum absolute atomic E-state index is 13.1. The number of benzene rings is 2. The predicted molar refractivity (Wildman–Crippen MR) is 133 cm³/mol. The molecule has 0 aliphatic heterocycles. The lowest BCUT2D eigenvalue weighted by molar-refractivity contribution is -0.142. The molecule has 2 aromatic carbocycles. The molecule has 2 rings (SSSR count). The highest BCUT2D eigenvalue weighted by atomic mass is 79.9. The minimum atomic E-state index is -0.618. The second-order valence-corrected chi connectivity index (χ2v) is 10.4. The lowest BCUT2D eigenvalue weighted by Gasteiger charge is -2.29. The van der Waals surface area contributed by atoms with Gasteiger partial charge in [-0.05, 0) is 53.6 Å². The first-order valence-corrected chi connectivity index (χ1v) is 11.8. The van der Waals surface area contributed by atoms with E-state index in [-0.39, 0.29) is 23.8 Å². The van der Waals surface area contributed by atoms with Crippen molar-refractivity contribution in [3.8, 4) is 5.75 Å². The zero-order valence-electron chi connectivity index (χ0n) is 19.9. The van der Waals surface area contributed by atoms with Crippen molar-refractivity contribution in [1.29, 1.82) is 0 Å². The van der Waals surface area contributed by atoms with Crippen LogP contribution in [0.4, 0.5) is 0 Å². The summed E-state index contributed by atoms with van der Waals surface area (Å²) in [5, 5.41) is 2.93. The second kappa shape index (κ2) is 11.5. The Bertz CT molecular complexity index is 904. The van der Waals surface area contributed by atoms with E-state index < -0.39 is 6.04 Å². The average molecular weight is 503 g/mol. The first kappa shape index (κ1) is 25.9. The summed E-state index contributed by atoms with van der Waals surface area (Å²) in [5.41, 5.74) is 2.18. The van der Waals surface area contributed by atoms with E-state index in [1.165, 1.54) is 5.56 Å². The van der Waals surface area contributed by atoms with Crippen LogP contribution < -0.4 is 10.1 Å². The smallest absolute Gasteiger partial charge is 0.261 e. The van der Waals surface area contributed by atoms with E-state index in [4.69, 9.17) is 4.74 Å². The van der Waals surface area contributed by atoms with Gasteiger partial charge >= 0.3 is 0 Å². The fourth-order valence-corrected chi connectivity index (χ4v) is 3.59.